The number of hydrogen-bond donors (Lipinski definition) is 1. The van der Waals surface area contributed by atoms with E-state index in [1.165, 1.54) is 18.4 Å². The van der Waals surface area contributed by atoms with Gasteiger partial charge in [0.05, 0.1) is 12.8 Å². The Balaban J connectivity index is 2.22. The summed E-state index contributed by atoms with van der Waals surface area (Å²) in [5.41, 5.74) is 0.952. The van der Waals surface area contributed by atoms with E-state index < -0.39 is 5.97 Å². The van der Waals surface area contributed by atoms with Crippen molar-refractivity contribution in [3.8, 4) is 0 Å². The number of amides is 1. The Morgan fingerprint density at radius 1 is 1.47 bits per heavy atom. The summed E-state index contributed by atoms with van der Waals surface area (Å²) < 4.78 is 7.17. The first-order chi connectivity index (χ1) is 9.02. The van der Waals surface area contributed by atoms with E-state index in [9.17, 15) is 9.59 Å². The molecule has 0 unspecified atom stereocenters. The second kappa shape index (κ2) is 5.58. The molecular formula is C12H11BrN2O3S. The standard InChI is InChI=1S/C12H11BrN2O3S/c1-15-6-7(13)5-9(15)11(16)14-8-3-4-19-10(8)12(17)18-2/h3-6H,1-2H3,(H,14,16). The maximum Gasteiger partial charge on any atom is 0.350 e. The lowest BCUT2D eigenvalue weighted by atomic mass is 10.3. The number of carbonyl (C=O) groups is 2. The summed E-state index contributed by atoms with van der Waals surface area (Å²) in [6, 6.07) is 3.38. The third-order valence-corrected chi connectivity index (χ3v) is 3.82. The van der Waals surface area contributed by atoms with Gasteiger partial charge in [0.25, 0.3) is 5.91 Å². The average Bonchev–Trinajstić information content (AvgIpc) is 2.95. The lowest BCUT2D eigenvalue weighted by Crippen LogP contribution is -2.16. The van der Waals surface area contributed by atoms with Gasteiger partial charge in [-0.3, -0.25) is 4.79 Å². The molecule has 2 rings (SSSR count). The number of aryl methyl sites for hydroxylation is 1. The topological polar surface area (TPSA) is 60.3 Å². The fourth-order valence-corrected chi connectivity index (χ4v) is 2.88. The second-order valence-electron chi connectivity index (χ2n) is 3.76. The third kappa shape index (κ3) is 2.87. The number of thiophene rings is 1. The third-order valence-electron chi connectivity index (χ3n) is 2.49. The molecule has 2 heterocycles. The lowest BCUT2D eigenvalue weighted by Gasteiger charge is -2.06. The average molecular weight is 343 g/mol. The Bertz CT molecular complexity index is 633. The Morgan fingerprint density at radius 2 is 2.21 bits per heavy atom. The van der Waals surface area contributed by atoms with E-state index >= 15 is 0 Å². The summed E-state index contributed by atoms with van der Waals surface area (Å²) in [5.74, 6) is -0.741. The van der Waals surface area contributed by atoms with Crippen LogP contribution in [-0.4, -0.2) is 23.6 Å². The van der Waals surface area contributed by atoms with Gasteiger partial charge in [-0.1, -0.05) is 0 Å². The summed E-state index contributed by atoms with van der Waals surface area (Å²) in [4.78, 5) is 24.0. The molecule has 0 aliphatic rings. The van der Waals surface area contributed by atoms with E-state index in [4.69, 9.17) is 0 Å². The number of nitrogens with one attached hydrogen (secondary N) is 1. The lowest BCUT2D eigenvalue weighted by molar-refractivity contribution is 0.0607. The van der Waals surface area contributed by atoms with Crippen molar-refractivity contribution >= 4 is 44.8 Å². The van der Waals surface area contributed by atoms with Crippen LogP contribution in [0.3, 0.4) is 0 Å². The molecule has 2 aromatic heterocycles. The molecule has 0 spiro atoms. The Hall–Kier alpha value is -1.60. The first-order valence-corrected chi connectivity index (χ1v) is 6.99. The van der Waals surface area contributed by atoms with Gasteiger partial charge in [0, 0.05) is 17.7 Å². The SMILES string of the molecule is COC(=O)c1sccc1NC(=O)c1cc(Br)cn1C. The molecule has 0 aliphatic heterocycles. The van der Waals surface area contributed by atoms with Crippen molar-refractivity contribution in [3.63, 3.8) is 0 Å². The highest BCUT2D eigenvalue weighted by Gasteiger charge is 2.17. The van der Waals surface area contributed by atoms with Gasteiger partial charge in [-0.25, -0.2) is 4.79 Å². The van der Waals surface area contributed by atoms with Gasteiger partial charge >= 0.3 is 5.97 Å². The summed E-state index contributed by atoms with van der Waals surface area (Å²) in [6.45, 7) is 0. The Morgan fingerprint density at radius 3 is 2.79 bits per heavy atom. The fourth-order valence-electron chi connectivity index (χ4n) is 1.59. The minimum Gasteiger partial charge on any atom is -0.465 e. The van der Waals surface area contributed by atoms with E-state index in [0.29, 0.717) is 16.3 Å². The van der Waals surface area contributed by atoms with Crippen molar-refractivity contribution in [2.45, 2.75) is 0 Å². The number of halogens is 1. The zero-order valence-electron chi connectivity index (χ0n) is 10.3. The van der Waals surface area contributed by atoms with Gasteiger partial charge in [-0.15, -0.1) is 11.3 Å². The number of ether oxygens (including phenoxy) is 1. The summed E-state index contributed by atoms with van der Waals surface area (Å²) >= 11 is 4.53. The van der Waals surface area contributed by atoms with Gasteiger partial charge in [0.15, 0.2) is 0 Å². The molecule has 0 bridgehead atoms. The van der Waals surface area contributed by atoms with E-state index in [2.05, 4.69) is 26.0 Å². The van der Waals surface area contributed by atoms with E-state index in [-0.39, 0.29) is 5.91 Å². The molecule has 2 aromatic rings. The molecule has 100 valence electrons. The highest BCUT2D eigenvalue weighted by atomic mass is 79.9. The fraction of sp³-hybridized carbons (Fsp3) is 0.167. The number of carbonyl (C=O) groups excluding carboxylic acids is 2. The molecule has 7 heteroatoms. The van der Waals surface area contributed by atoms with Crippen LogP contribution in [0.5, 0.6) is 0 Å². The highest BCUT2D eigenvalue weighted by molar-refractivity contribution is 9.10. The van der Waals surface area contributed by atoms with Crippen molar-refractivity contribution < 1.29 is 14.3 Å². The predicted octanol–water partition coefficient (Wildman–Crippen LogP) is 2.89. The maximum atomic E-state index is 12.1. The van der Waals surface area contributed by atoms with Gasteiger partial charge in [0.2, 0.25) is 0 Å². The minimum absolute atomic E-state index is 0.281. The Kier molecular flexibility index (Phi) is 4.06. The minimum atomic E-state index is -0.460. The number of aromatic nitrogens is 1. The highest BCUT2D eigenvalue weighted by Crippen LogP contribution is 2.24. The molecule has 0 atom stereocenters. The zero-order valence-corrected chi connectivity index (χ0v) is 12.7. The number of hydrogen-bond acceptors (Lipinski definition) is 4. The molecule has 1 N–H and O–H groups in total. The molecule has 1 amide bonds. The monoisotopic (exact) mass is 342 g/mol. The van der Waals surface area contributed by atoms with Crippen molar-refractivity contribution in [1.82, 2.24) is 4.57 Å². The van der Waals surface area contributed by atoms with Crippen molar-refractivity contribution in [1.29, 1.82) is 0 Å². The quantitative estimate of drug-likeness (QED) is 0.872. The largest absolute Gasteiger partial charge is 0.465 e. The van der Waals surface area contributed by atoms with Crippen molar-refractivity contribution in [2.75, 3.05) is 12.4 Å². The van der Waals surface area contributed by atoms with Crippen LogP contribution >= 0.6 is 27.3 Å². The van der Waals surface area contributed by atoms with Crippen LogP contribution in [0.25, 0.3) is 0 Å². The smallest absolute Gasteiger partial charge is 0.350 e. The number of anilines is 1. The molecule has 0 radical (unpaired) electrons. The first kappa shape index (κ1) is 13.8. The van der Waals surface area contributed by atoms with Crippen LogP contribution < -0.4 is 5.32 Å². The summed E-state index contributed by atoms with van der Waals surface area (Å²) in [6.07, 6.45) is 1.78. The van der Waals surface area contributed by atoms with Gasteiger partial charge in [0.1, 0.15) is 10.6 Å². The number of rotatable bonds is 3. The van der Waals surface area contributed by atoms with Gasteiger partial charge < -0.3 is 14.6 Å². The second-order valence-corrected chi connectivity index (χ2v) is 5.60. The maximum absolute atomic E-state index is 12.1. The zero-order chi connectivity index (χ0) is 14.0. The molecule has 0 aromatic carbocycles. The van der Waals surface area contributed by atoms with Gasteiger partial charge in [-0.2, -0.15) is 0 Å². The molecule has 0 saturated carbocycles. The first-order valence-electron chi connectivity index (χ1n) is 5.32. The molecule has 19 heavy (non-hydrogen) atoms. The van der Waals surface area contributed by atoms with E-state index in [1.807, 2.05) is 0 Å². The van der Waals surface area contributed by atoms with E-state index in [0.717, 1.165) is 4.47 Å². The number of nitrogens with zero attached hydrogens (tertiary/aromatic N) is 1. The Labute approximate surface area is 122 Å². The van der Waals surface area contributed by atoms with E-state index in [1.54, 1.807) is 35.3 Å². The molecule has 0 fully saturated rings. The summed E-state index contributed by atoms with van der Waals surface area (Å²) in [7, 11) is 3.08. The molecular weight excluding hydrogens is 332 g/mol. The summed E-state index contributed by atoms with van der Waals surface area (Å²) in [5, 5.41) is 4.43. The van der Waals surface area contributed by atoms with Crippen molar-refractivity contribution in [3.05, 3.63) is 38.8 Å². The molecule has 0 saturated heterocycles. The van der Waals surface area contributed by atoms with Crippen molar-refractivity contribution in [2.24, 2.45) is 7.05 Å². The van der Waals surface area contributed by atoms with Crippen LogP contribution in [0.4, 0.5) is 5.69 Å². The predicted molar refractivity (Wildman–Crippen MR) is 76.7 cm³/mol. The van der Waals surface area contributed by atoms with Crippen LogP contribution in [0.1, 0.15) is 20.2 Å². The number of methoxy groups -OCH3 is 1. The van der Waals surface area contributed by atoms with Gasteiger partial charge in [-0.05, 0) is 33.4 Å². The molecule has 5 nitrogen and oxygen atoms in total. The van der Waals surface area contributed by atoms with Crippen LogP contribution in [-0.2, 0) is 11.8 Å². The van der Waals surface area contributed by atoms with Crippen LogP contribution in [0, 0.1) is 0 Å². The normalized spacial score (nSPS) is 10.3. The van der Waals surface area contributed by atoms with Crippen LogP contribution in [0.2, 0.25) is 0 Å². The number of esters is 1. The van der Waals surface area contributed by atoms with Crippen LogP contribution in [0.15, 0.2) is 28.2 Å². The molecule has 0 aliphatic carbocycles.